The second-order valence-electron chi connectivity index (χ2n) is 4.14. The van der Waals surface area contributed by atoms with Gasteiger partial charge in [-0.25, -0.2) is 0 Å². The number of anilines is 1. The minimum Gasteiger partial charge on any atom is -0.379 e. The molecule has 1 aromatic carbocycles. The monoisotopic (exact) mass is 297 g/mol. The number of nitro benzene ring substituents is 2. The molecule has 1 atom stereocenters. The Kier molecular flexibility index (Phi) is 5.55. The van der Waals surface area contributed by atoms with E-state index in [0.717, 1.165) is 12.1 Å². The fourth-order valence-electron chi connectivity index (χ4n) is 1.65. The van der Waals surface area contributed by atoms with Crippen LogP contribution >= 0.6 is 0 Å². The van der Waals surface area contributed by atoms with Gasteiger partial charge in [0.1, 0.15) is 5.69 Å². The first-order valence-electron chi connectivity index (χ1n) is 5.99. The number of hydrogen-bond acceptors (Lipinski definition) is 7. The van der Waals surface area contributed by atoms with E-state index < -0.39 is 21.5 Å². The second kappa shape index (κ2) is 7.14. The van der Waals surface area contributed by atoms with E-state index in [-0.39, 0.29) is 30.4 Å². The third-order valence-corrected chi connectivity index (χ3v) is 2.83. The lowest BCUT2D eigenvalue weighted by Crippen LogP contribution is -2.37. The number of rotatable bonds is 7. The Morgan fingerprint density at radius 1 is 1.33 bits per heavy atom. The average molecular weight is 297 g/mol. The summed E-state index contributed by atoms with van der Waals surface area (Å²) in [7, 11) is 1.46. The number of hydrogen-bond donors (Lipinski definition) is 3. The van der Waals surface area contributed by atoms with Gasteiger partial charge in [-0.05, 0) is 6.07 Å². The summed E-state index contributed by atoms with van der Waals surface area (Å²) < 4.78 is 0. The molecule has 0 fully saturated rings. The minimum atomic E-state index is -0.729. The quantitative estimate of drug-likeness (QED) is 0.481. The van der Waals surface area contributed by atoms with Gasteiger partial charge in [0.15, 0.2) is 0 Å². The van der Waals surface area contributed by atoms with Crippen molar-refractivity contribution in [2.75, 3.05) is 25.5 Å². The van der Waals surface area contributed by atoms with E-state index in [1.807, 2.05) is 0 Å². The molecule has 0 aliphatic carbocycles. The highest BCUT2D eigenvalue weighted by molar-refractivity contribution is 5.79. The molecule has 0 aliphatic rings. The van der Waals surface area contributed by atoms with Gasteiger partial charge in [0.05, 0.1) is 21.8 Å². The first kappa shape index (κ1) is 16.3. The number of carbonyl (C=O) groups is 1. The van der Waals surface area contributed by atoms with Gasteiger partial charge >= 0.3 is 0 Å². The molecule has 10 heteroatoms. The van der Waals surface area contributed by atoms with Gasteiger partial charge in [0.25, 0.3) is 11.4 Å². The van der Waals surface area contributed by atoms with Crippen molar-refractivity contribution in [1.29, 1.82) is 0 Å². The summed E-state index contributed by atoms with van der Waals surface area (Å²) in [6, 6.07) is 3.24. The second-order valence-corrected chi connectivity index (χ2v) is 4.14. The molecular formula is C11H15N5O5. The normalized spacial score (nSPS) is 11.5. The number of nitrogens with zero attached hydrogens (tertiary/aromatic N) is 2. The number of benzene rings is 1. The van der Waals surface area contributed by atoms with Crippen LogP contribution in [-0.4, -0.2) is 35.9 Å². The van der Waals surface area contributed by atoms with E-state index >= 15 is 0 Å². The molecule has 1 amide bonds. The first-order valence-corrected chi connectivity index (χ1v) is 5.99. The Morgan fingerprint density at radius 2 is 2.00 bits per heavy atom. The molecule has 4 N–H and O–H groups in total. The number of nitro groups is 2. The molecule has 21 heavy (non-hydrogen) atoms. The van der Waals surface area contributed by atoms with Gasteiger partial charge in [-0.3, -0.25) is 25.0 Å². The van der Waals surface area contributed by atoms with Crippen LogP contribution < -0.4 is 16.4 Å². The highest BCUT2D eigenvalue weighted by atomic mass is 16.6. The molecule has 1 aromatic rings. The van der Waals surface area contributed by atoms with Gasteiger partial charge < -0.3 is 16.4 Å². The van der Waals surface area contributed by atoms with Crippen molar-refractivity contribution in [3.8, 4) is 0 Å². The molecule has 10 nitrogen and oxygen atoms in total. The highest BCUT2D eigenvalue weighted by Crippen LogP contribution is 2.28. The molecule has 0 bridgehead atoms. The third-order valence-electron chi connectivity index (χ3n) is 2.83. The molecule has 1 rings (SSSR count). The van der Waals surface area contributed by atoms with E-state index in [9.17, 15) is 25.0 Å². The van der Waals surface area contributed by atoms with Gasteiger partial charge in [-0.2, -0.15) is 0 Å². The Balaban J connectivity index is 2.95. The molecule has 0 aromatic heterocycles. The van der Waals surface area contributed by atoms with Crippen molar-refractivity contribution in [2.45, 2.75) is 0 Å². The highest BCUT2D eigenvalue weighted by Gasteiger charge is 2.21. The molecule has 0 saturated heterocycles. The van der Waals surface area contributed by atoms with Crippen molar-refractivity contribution in [3.63, 3.8) is 0 Å². The lowest BCUT2D eigenvalue weighted by Gasteiger charge is -2.14. The zero-order chi connectivity index (χ0) is 16.0. The minimum absolute atomic E-state index is 0.0629. The van der Waals surface area contributed by atoms with Crippen LogP contribution in [0.15, 0.2) is 18.2 Å². The van der Waals surface area contributed by atoms with Crippen molar-refractivity contribution in [3.05, 3.63) is 38.4 Å². The molecular weight excluding hydrogens is 282 g/mol. The zero-order valence-electron chi connectivity index (χ0n) is 11.2. The molecule has 114 valence electrons. The SMILES string of the molecule is CNC(=O)[C@H](CN)CNc1ccc([N+](=O)[O-])cc1[N+](=O)[O-]. The summed E-state index contributed by atoms with van der Waals surface area (Å²) in [4.78, 5) is 31.6. The summed E-state index contributed by atoms with van der Waals surface area (Å²) in [6.07, 6.45) is 0. The van der Waals surface area contributed by atoms with E-state index in [1.54, 1.807) is 0 Å². The number of nitrogens with one attached hydrogen (secondary N) is 2. The Morgan fingerprint density at radius 3 is 2.48 bits per heavy atom. The third kappa shape index (κ3) is 4.11. The summed E-state index contributed by atoms with van der Waals surface area (Å²) in [5, 5.41) is 26.7. The van der Waals surface area contributed by atoms with E-state index in [0.29, 0.717) is 0 Å². The molecule has 0 unspecified atom stereocenters. The summed E-state index contributed by atoms with van der Waals surface area (Å²) in [5.41, 5.74) is 4.73. The van der Waals surface area contributed by atoms with Crippen LogP contribution in [0.25, 0.3) is 0 Å². The largest absolute Gasteiger partial charge is 0.379 e. The predicted octanol–water partition coefficient (Wildman–Crippen LogP) is 0.236. The predicted molar refractivity (Wildman–Crippen MR) is 74.9 cm³/mol. The number of carbonyl (C=O) groups excluding carboxylic acids is 1. The first-order chi connectivity index (χ1) is 9.90. The summed E-state index contributed by atoms with van der Waals surface area (Å²) in [5.74, 6) is -0.862. The van der Waals surface area contributed by atoms with E-state index in [1.165, 1.54) is 13.1 Å². The summed E-state index contributed by atoms with van der Waals surface area (Å²) >= 11 is 0. The van der Waals surface area contributed by atoms with Crippen LogP contribution in [0, 0.1) is 26.1 Å². The molecule has 0 heterocycles. The summed E-state index contributed by atoms with van der Waals surface area (Å²) in [6.45, 7) is 0.141. The molecule has 0 aliphatic heterocycles. The van der Waals surface area contributed by atoms with Gasteiger partial charge in [0.2, 0.25) is 5.91 Å². The zero-order valence-corrected chi connectivity index (χ0v) is 11.2. The maximum absolute atomic E-state index is 11.5. The average Bonchev–Trinajstić information content (AvgIpc) is 2.47. The van der Waals surface area contributed by atoms with Gasteiger partial charge in [0, 0.05) is 26.2 Å². The lowest BCUT2D eigenvalue weighted by molar-refractivity contribution is -0.393. The van der Waals surface area contributed by atoms with Crippen molar-refractivity contribution >= 4 is 23.0 Å². The van der Waals surface area contributed by atoms with Crippen LogP contribution in [-0.2, 0) is 4.79 Å². The lowest BCUT2D eigenvalue weighted by atomic mass is 10.1. The molecule has 0 spiro atoms. The smallest absolute Gasteiger partial charge is 0.299 e. The van der Waals surface area contributed by atoms with Crippen molar-refractivity contribution < 1.29 is 14.6 Å². The Bertz CT molecular complexity index is 562. The van der Waals surface area contributed by atoms with Crippen molar-refractivity contribution in [2.24, 2.45) is 11.7 Å². The Labute approximate surface area is 119 Å². The fourth-order valence-corrected chi connectivity index (χ4v) is 1.65. The molecule has 0 radical (unpaired) electrons. The van der Waals surface area contributed by atoms with E-state index in [2.05, 4.69) is 10.6 Å². The van der Waals surface area contributed by atoms with Gasteiger partial charge in [-0.1, -0.05) is 0 Å². The van der Waals surface area contributed by atoms with Crippen molar-refractivity contribution in [1.82, 2.24) is 5.32 Å². The topological polar surface area (TPSA) is 153 Å². The maximum Gasteiger partial charge on any atom is 0.299 e. The van der Waals surface area contributed by atoms with Crippen LogP contribution in [0.2, 0.25) is 0 Å². The van der Waals surface area contributed by atoms with E-state index in [4.69, 9.17) is 5.73 Å². The van der Waals surface area contributed by atoms with Gasteiger partial charge in [-0.15, -0.1) is 0 Å². The Hall–Kier alpha value is -2.75. The maximum atomic E-state index is 11.5. The van der Waals surface area contributed by atoms with Crippen LogP contribution in [0.3, 0.4) is 0 Å². The number of nitrogens with two attached hydrogens (primary N) is 1. The molecule has 0 saturated carbocycles. The van der Waals surface area contributed by atoms with Crippen LogP contribution in [0.4, 0.5) is 17.1 Å². The van der Waals surface area contributed by atoms with Crippen LogP contribution in [0.1, 0.15) is 0 Å². The number of non-ortho nitro benzene ring substituents is 1. The number of amides is 1. The van der Waals surface area contributed by atoms with Crippen LogP contribution in [0.5, 0.6) is 0 Å². The fraction of sp³-hybridized carbons (Fsp3) is 0.364. The standard InChI is InChI=1S/C11H15N5O5/c1-13-11(17)7(5-12)6-14-9-3-2-8(15(18)19)4-10(9)16(20)21/h2-4,7,14H,5-6,12H2,1H3,(H,13,17)/t7-/m1/s1.